The second-order valence-electron chi connectivity index (χ2n) is 6.31. The van der Waals surface area contributed by atoms with Crippen molar-refractivity contribution in [1.82, 2.24) is 20.2 Å². The van der Waals surface area contributed by atoms with E-state index in [0.717, 1.165) is 6.20 Å². The van der Waals surface area contributed by atoms with E-state index in [4.69, 9.17) is 0 Å². The number of halogens is 3. The Morgan fingerprint density at radius 1 is 1.06 bits per heavy atom. The van der Waals surface area contributed by atoms with Crippen LogP contribution < -0.4 is 20.3 Å². The van der Waals surface area contributed by atoms with Crippen molar-refractivity contribution in [1.29, 1.82) is 0 Å². The van der Waals surface area contributed by atoms with Crippen LogP contribution >= 0.6 is 0 Å². The van der Waals surface area contributed by atoms with Crippen LogP contribution in [0.15, 0.2) is 36.5 Å². The normalized spacial score (nSPS) is 10.8. The van der Waals surface area contributed by atoms with E-state index in [-0.39, 0.29) is 17.4 Å². The third-order valence-electron chi connectivity index (χ3n) is 4.45. The van der Waals surface area contributed by atoms with Crippen molar-refractivity contribution in [2.24, 2.45) is 0 Å². The number of nitrogens with one attached hydrogen (secondary N) is 2. The maximum atomic E-state index is 14.3. The van der Waals surface area contributed by atoms with Gasteiger partial charge >= 0.3 is 6.61 Å². The SMILES string of the molecule is CCN(CC)c1ncc(F)c(Nc2cc(-c3ccc(OC(F)F)cc3)c(NC)nn2)n1. The number of hydrogen-bond acceptors (Lipinski definition) is 8. The number of nitrogens with zero attached hydrogens (tertiary/aromatic N) is 5. The molecule has 2 heterocycles. The highest BCUT2D eigenvalue weighted by Crippen LogP contribution is 2.30. The Morgan fingerprint density at radius 3 is 2.39 bits per heavy atom. The lowest BCUT2D eigenvalue weighted by Crippen LogP contribution is -2.24. The Morgan fingerprint density at radius 2 is 1.77 bits per heavy atom. The summed E-state index contributed by atoms with van der Waals surface area (Å²) in [4.78, 5) is 10.2. The minimum absolute atomic E-state index is 0.0324. The molecule has 11 heteroatoms. The summed E-state index contributed by atoms with van der Waals surface area (Å²) >= 11 is 0. The van der Waals surface area contributed by atoms with E-state index in [1.54, 1.807) is 25.2 Å². The Labute approximate surface area is 177 Å². The van der Waals surface area contributed by atoms with Gasteiger partial charge in [-0.05, 0) is 37.6 Å². The zero-order valence-electron chi connectivity index (χ0n) is 17.2. The molecule has 0 amide bonds. The van der Waals surface area contributed by atoms with E-state index in [2.05, 4.69) is 35.5 Å². The maximum Gasteiger partial charge on any atom is 0.387 e. The monoisotopic (exact) mass is 433 g/mol. The van der Waals surface area contributed by atoms with Crippen LogP contribution in [0.5, 0.6) is 5.75 Å². The lowest BCUT2D eigenvalue weighted by Gasteiger charge is -2.19. The molecule has 0 fully saturated rings. The molecule has 0 saturated carbocycles. The van der Waals surface area contributed by atoms with E-state index < -0.39 is 12.4 Å². The van der Waals surface area contributed by atoms with Gasteiger partial charge in [-0.2, -0.15) is 13.8 Å². The van der Waals surface area contributed by atoms with Crippen molar-refractivity contribution in [3.63, 3.8) is 0 Å². The van der Waals surface area contributed by atoms with Crippen molar-refractivity contribution >= 4 is 23.4 Å². The summed E-state index contributed by atoms with van der Waals surface area (Å²) in [6, 6.07) is 7.73. The molecule has 0 spiro atoms. The molecule has 0 radical (unpaired) electrons. The van der Waals surface area contributed by atoms with Gasteiger partial charge < -0.3 is 20.3 Å². The lowest BCUT2D eigenvalue weighted by molar-refractivity contribution is -0.0498. The van der Waals surface area contributed by atoms with Crippen LogP contribution in [0.25, 0.3) is 11.1 Å². The minimum atomic E-state index is -2.90. The van der Waals surface area contributed by atoms with Gasteiger partial charge in [0, 0.05) is 25.7 Å². The quantitative estimate of drug-likeness (QED) is 0.516. The highest BCUT2D eigenvalue weighted by molar-refractivity contribution is 5.78. The van der Waals surface area contributed by atoms with Crippen LogP contribution in [-0.4, -0.2) is 46.9 Å². The zero-order chi connectivity index (χ0) is 22.4. The highest BCUT2D eigenvalue weighted by atomic mass is 19.3. The Bertz CT molecular complexity index is 1010. The number of rotatable bonds is 9. The van der Waals surface area contributed by atoms with Crippen molar-refractivity contribution in [3.05, 3.63) is 42.3 Å². The van der Waals surface area contributed by atoms with Crippen molar-refractivity contribution in [2.45, 2.75) is 20.5 Å². The largest absolute Gasteiger partial charge is 0.435 e. The summed E-state index contributed by atoms with van der Waals surface area (Å²) < 4.78 is 43.4. The van der Waals surface area contributed by atoms with Crippen molar-refractivity contribution in [2.75, 3.05) is 35.7 Å². The first-order chi connectivity index (χ1) is 14.9. The van der Waals surface area contributed by atoms with Crippen LogP contribution in [0, 0.1) is 5.82 Å². The van der Waals surface area contributed by atoms with E-state index >= 15 is 0 Å². The van der Waals surface area contributed by atoms with Crippen LogP contribution in [-0.2, 0) is 0 Å². The molecule has 2 N–H and O–H groups in total. The molecule has 31 heavy (non-hydrogen) atoms. The summed E-state index contributed by atoms with van der Waals surface area (Å²) in [6.07, 6.45) is 1.10. The smallest absolute Gasteiger partial charge is 0.387 e. The molecule has 0 unspecified atom stereocenters. The molecular weight excluding hydrogens is 411 g/mol. The molecule has 0 bridgehead atoms. The first kappa shape index (κ1) is 22.1. The maximum absolute atomic E-state index is 14.3. The average Bonchev–Trinajstić information content (AvgIpc) is 2.77. The lowest BCUT2D eigenvalue weighted by atomic mass is 10.1. The van der Waals surface area contributed by atoms with Crippen molar-refractivity contribution in [3.8, 4) is 16.9 Å². The molecule has 3 rings (SSSR count). The summed E-state index contributed by atoms with van der Waals surface area (Å²) in [5.74, 6) is 0.478. The predicted molar refractivity (Wildman–Crippen MR) is 112 cm³/mol. The molecule has 0 aliphatic rings. The standard InChI is InChI=1S/C20H22F3N7O/c1-4-30(5-2)20-25-11-15(21)18(27-20)26-16-10-14(17(24-3)29-28-16)12-6-8-13(9-7-12)31-19(22)23/h6-11,19H,4-5H2,1-3H3,(H,24,29)(H,25,26,27,28). The number of aromatic nitrogens is 4. The van der Waals surface area contributed by atoms with E-state index in [9.17, 15) is 13.2 Å². The second-order valence-corrected chi connectivity index (χ2v) is 6.31. The number of benzene rings is 1. The van der Waals surface area contributed by atoms with Gasteiger partial charge in [-0.25, -0.2) is 9.37 Å². The molecule has 2 aromatic heterocycles. The Hall–Kier alpha value is -3.63. The van der Waals surface area contributed by atoms with E-state index in [1.807, 2.05) is 18.7 Å². The van der Waals surface area contributed by atoms with Crippen LogP contribution in [0.4, 0.5) is 36.6 Å². The number of anilines is 4. The Kier molecular flexibility index (Phi) is 7.06. The van der Waals surface area contributed by atoms with Gasteiger partial charge in [0.2, 0.25) is 5.95 Å². The molecule has 0 saturated heterocycles. The summed E-state index contributed by atoms with van der Waals surface area (Å²) in [6.45, 7) is 2.35. The van der Waals surface area contributed by atoms with Crippen LogP contribution in [0.1, 0.15) is 13.8 Å². The van der Waals surface area contributed by atoms with Crippen LogP contribution in [0.2, 0.25) is 0 Å². The van der Waals surface area contributed by atoms with Gasteiger partial charge in [0.15, 0.2) is 23.3 Å². The predicted octanol–water partition coefficient (Wildman–Crippen LogP) is 4.31. The molecule has 3 aromatic rings. The average molecular weight is 433 g/mol. The second kappa shape index (κ2) is 9.92. The summed E-state index contributed by atoms with van der Waals surface area (Å²) in [5.41, 5.74) is 1.30. The zero-order valence-corrected chi connectivity index (χ0v) is 17.2. The van der Waals surface area contributed by atoms with Gasteiger partial charge in [-0.3, -0.25) is 0 Å². The first-order valence-corrected chi connectivity index (χ1v) is 9.60. The van der Waals surface area contributed by atoms with Crippen LogP contribution in [0.3, 0.4) is 0 Å². The Balaban J connectivity index is 1.91. The van der Waals surface area contributed by atoms with Gasteiger partial charge in [0.25, 0.3) is 0 Å². The molecule has 164 valence electrons. The number of alkyl halides is 2. The van der Waals surface area contributed by atoms with Gasteiger partial charge in [-0.1, -0.05) is 12.1 Å². The van der Waals surface area contributed by atoms with Crippen molar-refractivity contribution < 1.29 is 17.9 Å². The summed E-state index contributed by atoms with van der Waals surface area (Å²) in [5, 5.41) is 13.9. The third kappa shape index (κ3) is 5.30. The molecular formula is C20H22F3N7O. The fourth-order valence-corrected chi connectivity index (χ4v) is 2.90. The molecule has 0 aliphatic heterocycles. The fraction of sp³-hybridized carbons (Fsp3) is 0.300. The third-order valence-corrected chi connectivity index (χ3v) is 4.45. The molecule has 8 nitrogen and oxygen atoms in total. The van der Waals surface area contributed by atoms with Gasteiger partial charge in [0.1, 0.15) is 5.75 Å². The topological polar surface area (TPSA) is 88.1 Å². The number of ether oxygens (including phenoxy) is 1. The molecule has 0 atom stereocenters. The van der Waals surface area contributed by atoms with E-state index in [0.29, 0.717) is 36.0 Å². The van der Waals surface area contributed by atoms with E-state index in [1.165, 1.54) is 12.1 Å². The van der Waals surface area contributed by atoms with Gasteiger partial charge in [-0.15, -0.1) is 10.2 Å². The fourth-order valence-electron chi connectivity index (χ4n) is 2.90. The minimum Gasteiger partial charge on any atom is -0.435 e. The first-order valence-electron chi connectivity index (χ1n) is 9.60. The number of hydrogen-bond donors (Lipinski definition) is 2. The summed E-state index contributed by atoms with van der Waals surface area (Å²) in [7, 11) is 1.68. The highest BCUT2D eigenvalue weighted by Gasteiger charge is 2.14. The molecule has 0 aliphatic carbocycles. The van der Waals surface area contributed by atoms with Gasteiger partial charge in [0.05, 0.1) is 6.20 Å². The molecule has 1 aromatic carbocycles.